The zero-order valence-electron chi connectivity index (χ0n) is 15.4. The maximum atomic E-state index is 16.1. The Bertz CT molecular complexity index is 1130. The van der Waals surface area contributed by atoms with Gasteiger partial charge in [0.15, 0.2) is 22.7 Å². The van der Waals surface area contributed by atoms with Gasteiger partial charge in [0.2, 0.25) is 6.71 Å². The molecule has 7 atom stereocenters. The number of hydrogen-bond donors (Lipinski definition) is 0. The molecule has 0 spiro atoms. The van der Waals surface area contributed by atoms with Gasteiger partial charge in [-0.1, -0.05) is 12.2 Å². The van der Waals surface area contributed by atoms with Crippen molar-refractivity contribution in [3.05, 3.63) is 95.1 Å². The van der Waals surface area contributed by atoms with Gasteiger partial charge in [0.25, 0.3) is 0 Å². The highest BCUT2D eigenvalue weighted by Crippen LogP contribution is 2.68. The summed E-state index contributed by atoms with van der Waals surface area (Å²) in [5.74, 6) is -1.54. The van der Waals surface area contributed by atoms with E-state index in [9.17, 15) is 0 Å². The van der Waals surface area contributed by atoms with E-state index in [1.54, 1.807) is 0 Å². The van der Waals surface area contributed by atoms with Crippen LogP contribution in [0.3, 0.4) is 0 Å². The van der Waals surface area contributed by atoms with E-state index in [0.717, 1.165) is 72.9 Å². The van der Waals surface area contributed by atoms with E-state index >= 15 is 26.3 Å². The molecule has 3 aliphatic heterocycles. The van der Waals surface area contributed by atoms with Crippen LogP contribution in [0.4, 0.5) is 26.3 Å². The zero-order chi connectivity index (χ0) is 20.9. The van der Waals surface area contributed by atoms with Gasteiger partial charge >= 0.3 is 0 Å². The second-order valence-corrected chi connectivity index (χ2v) is 9.26. The van der Waals surface area contributed by atoms with Crippen molar-refractivity contribution in [3.8, 4) is 0 Å². The van der Waals surface area contributed by atoms with Crippen molar-refractivity contribution in [1.29, 1.82) is 0 Å². The summed E-state index contributed by atoms with van der Waals surface area (Å²) in [5.41, 5.74) is -15.9. The molecule has 3 heterocycles. The van der Waals surface area contributed by atoms with Crippen LogP contribution in [0.5, 0.6) is 0 Å². The van der Waals surface area contributed by atoms with Crippen molar-refractivity contribution in [1.82, 2.24) is 0 Å². The molecule has 0 radical (unpaired) electrons. The first kappa shape index (κ1) is 17.3. The fourth-order valence-electron chi connectivity index (χ4n) is 6.44. The van der Waals surface area contributed by atoms with E-state index in [2.05, 4.69) is 0 Å². The molecular formula is C23H13BF6. The fourth-order valence-corrected chi connectivity index (χ4v) is 6.44. The number of alkyl halides is 6. The number of allylic oxidation sites excluding steroid dienone is 16. The van der Waals surface area contributed by atoms with Crippen molar-refractivity contribution >= 4 is 6.71 Å². The van der Waals surface area contributed by atoms with Crippen LogP contribution in [0.1, 0.15) is 0 Å². The lowest BCUT2D eigenvalue weighted by Gasteiger charge is -2.59. The van der Waals surface area contributed by atoms with Crippen LogP contribution in [0.15, 0.2) is 95.1 Å². The summed E-state index contributed by atoms with van der Waals surface area (Å²) in [4.78, 5) is 0. The maximum Gasteiger partial charge on any atom is 0.242 e. The van der Waals surface area contributed by atoms with Gasteiger partial charge in [0, 0.05) is 11.4 Å². The molecular weight excluding hydrogens is 401 g/mol. The Kier molecular flexibility index (Phi) is 2.47. The fraction of sp³-hybridized carbons (Fsp3) is 0.304. The number of rotatable bonds is 0. The standard InChI is InChI=1S/C23H13BF6/c25-18-1-3-19(26)5-7-21(28)9-11-23(30)12-10-22(29)8-6-20(27,4-2-18)15-13(18)14(19)16(21)24(23)17(15)22/h1-12,16H. The molecule has 0 N–H and O–H groups in total. The maximum absolute atomic E-state index is 16.1. The molecule has 4 aliphatic carbocycles. The quantitative estimate of drug-likeness (QED) is 0.290. The predicted octanol–water partition coefficient (Wildman–Crippen LogP) is 5.21. The van der Waals surface area contributed by atoms with Gasteiger partial charge in [0.05, 0.1) is 0 Å². The van der Waals surface area contributed by atoms with Crippen molar-refractivity contribution < 1.29 is 26.3 Å². The Morgan fingerprint density at radius 1 is 0.533 bits per heavy atom. The molecule has 7 rings (SSSR count). The molecule has 0 bridgehead atoms. The van der Waals surface area contributed by atoms with Crippen molar-refractivity contribution in [2.24, 2.45) is 0 Å². The van der Waals surface area contributed by atoms with Crippen molar-refractivity contribution in [2.45, 2.75) is 39.7 Å². The average molecular weight is 414 g/mol. The largest absolute Gasteiger partial charge is 0.244 e. The molecule has 30 heavy (non-hydrogen) atoms. The first-order valence-corrected chi connectivity index (χ1v) is 9.84. The van der Waals surface area contributed by atoms with Crippen LogP contribution >= 0.6 is 0 Å². The Labute approximate surface area is 168 Å². The van der Waals surface area contributed by atoms with Gasteiger partial charge in [-0.05, 0) is 77.4 Å². The highest BCUT2D eigenvalue weighted by Gasteiger charge is 2.72. The zero-order valence-corrected chi connectivity index (χ0v) is 15.4. The molecule has 7 heteroatoms. The lowest BCUT2D eigenvalue weighted by atomic mass is 9.18. The third-order valence-electron chi connectivity index (χ3n) is 7.75. The third kappa shape index (κ3) is 1.56. The second-order valence-electron chi connectivity index (χ2n) is 9.26. The van der Waals surface area contributed by atoms with Gasteiger partial charge in [-0.15, -0.1) is 0 Å². The minimum Gasteiger partial charge on any atom is -0.244 e. The smallest absolute Gasteiger partial charge is 0.242 e. The molecule has 0 nitrogen and oxygen atoms in total. The summed E-state index contributed by atoms with van der Waals surface area (Å²) in [6, 6.07) is 0. The van der Waals surface area contributed by atoms with E-state index in [0.29, 0.717) is 0 Å². The summed E-state index contributed by atoms with van der Waals surface area (Å²) >= 11 is 0. The molecule has 7 unspecified atom stereocenters. The number of halogens is 6. The molecule has 0 saturated carbocycles. The summed E-state index contributed by atoms with van der Waals surface area (Å²) in [6.45, 7) is -1.54. The van der Waals surface area contributed by atoms with E-state index in [1.165, 1.54) is 0 Å². The Morgan fingerprint density at radius 2 is 1.00 bits per heavy atom. The molecule has 0 aromatic carbocycles. The summed E-state index contributed by atoms with van der Waals surface area (Å²) < 4.78 is 96.3. The van der Waals surface area contributed by atoms with Crippen LogP contribution in [0.25, 0.3) is 0 Å². The average Bonchev–Trinajstić information content (AvgIpc) is 2.71. The first-order chi connectivity index (χ1) is 14.0. The highest BCUT2D eigenvalue weighted by molar-refractivity contribution is 6.75. The summed E-state index contributed by atoms with van der Waals surface area (Å²) in [6.07, 6.45) is 11.6. The second kappa shape index (κ2) is 4.30. The van der Waals surface area contributed by atoms with Crippen molar-refractivity contribution in [3.63, 3.8) is 0 Å². The molecule has 0 aromatic rings. The van der Waals surface area contributed by atoms with E-state index in [4.69, 9.17) is 0 Å². The van der Waals surface area contributed by atoms with Gasteiger partial charge in [-0.25, -0.2) is 26.3 Å². The third-order valence-corrected chi connectivity index (χ3v) is 7.75. The lowest BCUT2D eigenvalue weighted by molar-refractivity contribution is 0.197. The SMILES string of the molecule is FC12C=CC3(F)C=CC4(F)C=CC5(F)C=CC6(F)C=CC(F)(C=C1)C1B2C3=C4C5=C16. The Morgan fingerprint density at radius 3 is 1.70 bits per heavy atom. The molecule has 0 amide bonds. The normalized spacial score (nSPS) is 55.0. The van der Waals surface area contributed by atoms with E-state index in [-0.39, 0.29) is 11.0 Å². The summed E-state index contributed by atoms with van der Waals surface area (Å²) in [5, 5.41) is 0. The highest BCUT2D eigenvalue weighted by atomic mass is 19.2. The monoisotopic (exact) mass is 414 g/mol. The minimum absolute atomic E-state index is 0.355. The molecule has 0 aromatic heterocycles. The Hall–Kier alpha value is -2.44. The van der Waals surface area contributed by atoms with E-state index < -0.39 is 57.6 Å². The molecule has 0 fully saturated rings. The molecule has 0 saturated heterocycles. The number of hydrogen-bond acceptors (Lipinski definition) is 0. The topological polar surface area (TPSA) is 0 Å². The van der Waals surface area contributed by atoms with Gasteiger partial charge in [-0.3, -0.25) is 0 Å². The molecule has 7 aliphatic rings. The van der Waals surface area contributed by atoms with Crippen molar-refractivity contribution in [2.75, 3.05) is 0 Å². The first-order valence-electron chi connectivity index (χ1n) is 9.84. The van der Waals surface area contributed by atoms with Crippen LogP contribution in [0.2, 0.25) is 5.82 Å². The molecule has 150 valence electrons. The minimum atomic E-state index is -2.44. The van der Waals surface area contributed by atoms with Crippen LogP contribution < -0.4 is 0 Å². The predicted molar refractivity (Wildman–Crippen MR) is 101 cm³/mol. The van der Waals surface area contributed by atoms with Gasteiger partial charge in [0.1, 0.15) is 11.2 Å². The lowest BCUT2D eigenvalue weighted by Crippen LogP contribution is -2.66. The Balaban J connectivity index is 1.73. The van der Waals surface area contributed by atoms with Crippen LogP contribution in [0, 0.1) is 0 Å². The van der Waals surface area contributed by atoms with Gasteiger partial charge < -0.3 is 0 Å². The van der Waals surface area contributed by atoms with Gasteiger partial charge in [-0.2, -0.15) is 0 Å². The van der Waals surface area contributed by atoms with Crippen LogP contribution in [-0.2, 0) is 0 Å². The van der Waals surface area contributed by atoms with E-state index in [1.807, 2.05) is 0 Å². The summed E-state index contributed by atoms with van der Waals surface area (Å²) in [7, 11) is 0. The van der Waals surface area contributed by atoms with Crippen LogP contribution in [-0.4, -0.2) is 40.6 Å².